The number of ether oxygens (including phenoxy) is 4. The number of hydrogen-bond donors (Lipinski definition) is 0. The maximum atomic E-state index is 5.43. The quantitative estimate of drug-likeness (QED) is 0.719. The summed E-state index contributed by atoms with van der Waals surface area (Å²) in [5.74, 6) is 3.33. The van der Waals surface area contributed by atoms with Crippen molar-refractivity contribution in [3.63, 3.8) is 0 Å². The van der Waals surface area contributed by atoms with Gasteiger partial charge in [-0.05, 0) is 24.3 Å². The molecule has 6 nitrogen and oxygen atoms in total. The van der Waals surface area contributed by atoms with E-state index in [-0.39, 0.29) is 0 Å². The van der Waals surface area contributed by atoms with Crippen LogP contribution >= 0.6 is 0 Å². The third-order valence-electron chi connectivity index (χ3n) is 4.01. The van der Waals surface area contributed by atoms with Crippen LogP contribution < -0.4 is 18.9 Å². The van der Waals surface area contributed by atoms with E-state index in [1.807, 2.05) is 41.9 Å². The van der Waals surface area contributed by atoms with Crippen LogP contribution in [0.3, 0.4) is 0 Å². The van der Waals surface area contributed by atoms with E-state index in [9.17, 15) is 0 Å². The van der Waals surface area contributed by atoms with Gasteiger partial charge in [0.15, 0.2) is 11.5 Å². The molecule has 0 amide bonds. The summed E-state index contributed by atoms with van der Waals surface area (Å²) < 4.78 is 23.5. The van der Waals surface area contributed by atoms with Gasteiger partial charge >= 0.3 is 0 Å². The Labute approximate surface area is 140 Å². The molecule has 0 fully saturated rings. The van der Waals surface area contributed by atoms with Crippen molar-refractivity contribution in [2.45, 2.75) is 0 Å². The Balaban J connectivity index is 2.21. The van der Waals surface area contributed by atoms with Crippen LogP contribution in [0.15, 0.2) is 30.3 Å². The van der Waals surface area contributed by atoms with Crippen molar-refractivity contribution in [2.75, 3.05) is 28.4 Å². The van der Waals surface area contributed by atoms with E-state index in [2.05, 4.69) is 0 Å². The zero-order chi connectivity index (χ0) is 17.3. The van der Waals surface area contributed by atoms with Crippen molar-refractivity contribution in [1.82, 2.24) is 9.55 Å². The Hall–Kier alpha value is -2.89. The minimum absolute atomic E-state index is 0.559. The topological polar surface area (TPSA) is 54.7 Å². The van der Waals surface area contributed by atoms with Crippen LogP contribution in [0, 0.1) is 0 Å². The largest absolute Gasteiger partial charge is 0.497 e. The Kier molecular flexibility index (Phi) is 4.20. The summed E-state index contributed by atoms with van der Waals surface area (Å²) in [5.41, 5.74) is 2.75. The summed E-state index contributed by atoms with van der Waals surface area (Å²) in [7, 11) is 8.40. The van der Waals surface area contributed by atoms with Crippen LogP contribution in [0.5, 0.6) is 23.0 Å². The van der Waals surface area contributed by atoms with Crippen molar-refractivity contribution >= 4 is 11.0 Å². The van der Waals surface area contributed by atoms with E-state index < -0.39 is 0 Å². The molecule has 1 heterocycles. The molecule has 6 heteroatoms. The number of nitrogens with zero attached hydrogens (tertiary/aromatic N) is 2. The first-order chi connectivity index (χ1) is 11.6. The lowest BCUT2D eigenvalue weighted by Crippen LogP contribution is -1.98. The minimum Gasteiger partial charge on any atom is -0.497 e. The first-order valence-electron chi connectivity index (χ1n) is 7.43. The van der Waals surface area contributed by atoms with Gasteiger partial charge in [-0.3, -0.25) is 0 Å². The molecule has 0 saturated carbocycles. The van der Waals surface area contributed by atoms with E-state index in [0.29, 0.717) is 17.2 Å². The van der Waals surface area contributed by atoms with Gasteiger partial charge in [0.1, 0.15) is 11.6 Å². The van der Waals surface area contributed by atoms with Gasteiger partial charge in [0.2, 0.25) is 5.75 Å². The van der Waals surface area contributed by atoms with Gasteiger partial charge in [-0.1, -0.05) is 0 Å². The molecular weight excluding hydrogens is 308 g/mol. The molecule has 1 aromatic heterocycles. The van der Waals surface area contributed by atoms with E-state index >= 15 is 0 Å². The van der Waals surface area contributed by atoms with Crippen molar-refractivity contribution in [2.24, 2.45) is 7.05 Å². The van der Waals surface area contributed by atoms with Gasteiger partial charge in [0.25, 0.3) is 0 Å². The second-order valence-electron chi connectivity index (χ2n) is 5.26. The van der Waals surface area contributed by atoms with Gasteiger partial charge in [-0.25, -0.2) is 4.98 Å². The highest BCUT2D eigenvalue weighted by molar-refractivity contribution is 5.82. The summed E-state index contributed by atoms with van der Waals surface area (Å²) in [5, 5.41) is 0. The highest BCUT2D eigenvalue weighted by atomic mass is 16.5. The Morgan fingerprint density at radius 3 is 2.04 bits per heavy atom. The predicted octanol–water partition coefficient (Wildman–Crippen LogP) is 3.27. The van der Waals surface area contributed by atoms with Crippen LogP contribution in [-0.2, 0) is 7.05 Å². The number of hydrogen-bond acceptors (Lipinski definition) is 5. The molecule has 0 radical (unpaired) electrons. The molecule has 3 rings (SSSR count). The van der Waals surface area contributed by atoms with Gasteiger partial charge in [0, 0.05) is 18.7 Å². The number of rotatable bonds is 5. The lowest BCUT2D eigenvalue weighted by Gasteiger charge is -2.14. The molecule has 0 aliphatic heterocycles. The zero-order valence-corrected chi connectivity index (χ0v) is 14.4. The molecule has 0 bridgehead atoms. The first kappa shape index (κ1) is 16.0. The van der Waals surface area contributed by atoms with Crippen molar-refractivity contribution in [3.05, 3.63) is 30.3 Å². The molecule has 0 atom stereocenters. The fourth-order valence-corrected chi connectivity index (χ4v) is 2.77. The SMILES string of the molecule is COc1ccc2c(c1)nc(-c1cc(OC)c(OC)c(OC)c1)n2C. The maximum absolute atomic E-state index is 5.43. The predicted molar refractivity (Wildman–Crippen MR) is 92.4 cm³/mol. The van der Waals surface area contributed by atoms with Gasteiger partial charge in [-0.15, -0.1) is 0 Å². The molecule has 0 saturated heterocycles. The summed E-state index contributed by atoms with van der Waals surface area (Å²) in [6.45, 7) is 0. The maximum Gasteiger partial charge on any atom is 0.203 e. The van der Waals surface area contributed by atoms with Gasteiger partial charge in [-0.2, -0.15) is 0 Å². The molecule has 0 spiro atoms. The smallest absolute Gasteiger partial charge is 0.203 e. The van der Waals surface area contributed by atoms with Crippen molar-refractivity contribution in [1.29, 1.82) is 0 Å². The van der Waals surface area contributed by atoms with E-state index in [0.717, 1.165) is 28.2 Å². The number of aromatic nitrogens is 2. The monoisotopic (exact) mass is 328 g/mol. The lowest BCUT2D eigenvalue weighted by atomic mass is 10.1. The van der Waals surface area contributed by atoms with E-state index in [1.165, 1.54) is 0 Å². The molecule has 24 heavy (non-hydrogen) atoms. The summed E-state index contributed by atoms with van der Waals surface area (Å²) in [6, 6.07) is 9.60. The Bertz CT molecular complexity index is 861. The zero-order valence-electron chi connectivity index (χ0n) is 14.4. The first-order valence-corrected chi connectivity index (χ1v) is 7.43. The molecule has 2 aromatic carbocycles. The van der Waals surface area contributed by atoms with Gasteiger partial charge in [0.05, 0.1) is 39.5 Å². The fraction of sp³-hybridized carbons (Fsp3) is 0.278. The second kappa shape index (κ2) is 6.31. The Morgan fingerprint density at radius 1 is 0.833 bits per heavy atom. The highest BCUT2D eigenvalue weighted by Gasteiger charge is 2.17. The number of aryl methyl sites for hydroxylation is 1. The third kappa shape index (κ3) is 2.50. The van der Waals surface area contributed by atoms with Crippen LogP contribution in [0.25, 0.3) is 22.4 Å². The second-order valence-corrected chi connectivity index (χ2v) is 5.26. The summed E-state index contributed by atoms with van der Waals surface area (Å²) in [6.07, 6.45) is 0. The molecule has 0 aliphatic rings. The standard InChI is InChI=1S/C18H20N2O4/c1-20-14-7-6-12(21-2)10-13(14)19-18(20)11-8-15(22-3)17(24-5)16(9-11)23-4/h6-10H,1-5H3. The van der Waals surface area contributed by atoms with Gasteiger partial charge < -0.3 is 23.5 Å². The normalized spacial score (nSPS) is 10.7. The number of benzene rings is 2. The van der Waals surface area contributed by atoms with E-state index in [4.69, 9.17) is 23.9 Å². The summed E-state index contributed by atoms with van der Waals surface area (Å²) in [4.78, 5) is 4.73. The number of methoxy groups -OCH3 is 4. The Morgan fingerprint density at radius 2 is 1.50 bits per heavy atom. The molecule has 3 aromatic rings. The third-order valence-corrected chi connectivity index (χ3v) is 4.01. The van der Waals surface area contributed by atoms with Crippen LogP contribution in [0.2, 0.25) is 0 Å². The van der Waals surface area contributed by atoms with Crippen molar-refractivity contribution < 1.29 is 18.9 Å². The molecule has 126 valence electrons. The van der Waals surface area contributed by atoms with Crippen LogP contribution in [0.4, 0.5) is 0 Å². The fourth-order valence-electron chi connectivity index (χ4n) is 2.77. The van der Waals surface area contributed by atoms with Crippen LogP contribution in [0.1, 0.15) is 0 Å². The number of imidazole rings is 1. The molecular formula is C18H20N2O4. The molecule has 0 N–H and O–H groups in total. The van der Waals surface area contributed by atoms with Crippen LogP contribution in [-0.4, -0.2) is 38.0 Å². The minimum atomic E-state index is 0.559. The average molecular weight is 328 g/mol. The van der Waals surface area contributed by atoms with E-state index in [1.54, 1.807) is 28.4 Å². The van der Waals surface area contributed by atoms with Crippen molar-refractivity contribution in [3.8, 4) is 34.4 Å². The summed E-state index contributed by atoms with van der Waals surface area (Å²) >= 11 is 0. The average Bonchev–Trinajstić information content (AvgIpc) is 2.96. The lowest BCUT2D eigenvalue weighted by molar-refractivity contribution is 0.324. The molecule has 0 aliphatic carbocycles. The highest BCUT2D eigenvalue weighted by Crippen LogP contribution is 2.41. The number of fused-ring (bicyclic) bond motifs is 1. The molecule has 0 unspecified atom stereocenters.